The molecule has 0 fully saturated rings. The third-order valence-corrected chi connectivity index (χ3v) is 4.56. The van der Waals surface area contributed by atoms with E-state index in [-0.39, 0.29) is 11.4 Å². The van der Waals surface area contributed by atoms with Gasteiger partial charge in [-0.3, -0.25) is 4.79 Å². The molecule has 0 spiro atoms. The summed E-state index contributed by atoms with van der Waals surface area (Å²) < 4.78 is 6.32. The standard InChI is InChI=1S/C17H26BrNO2/c1-17(2,3)14(10-11-19)8-9-16(20)21-12-13-6-4-5-7-15(13)18/h4-7,14H,8-12,19H2,1-3H3. The minimum atomic E-state index is -0.142. The molecule has 0 aliphatic heterocycles. The second-order valence-corrected chi connectivity index (χ2v) is 7.29. The zero-order valence-corrected chi connectivity index (χ0v) is 14.8. The normalized spacial score (nSPS) is 13.0. The van der Waals surface area contributed by atoms with Gasteiger partial charge in [-0.2, -0.15) is 0 Å². The van der Waals surface area contributed by atoms with Crippen LogP contribution in [0.4, 0.5) is 0 Å². The van der Waals surface area contributed by atoms with Gasteiger partial charge in [0.15, 0.2) is 0 Å². The number of benzene rings is 1. The highest BCUT2D eigenvalue weighted by Gasteiger charge is 2.24. The van der Waals surface area contributed by atoms with E-state index in [1.165, 1.54) is 0 Å². The Bertz CT molecular complexity index is 454. The predicted molar refractivity (Wildman–Crippen MR) is 89.8 cm³/mol. The zero-order chi connectivity index (χ0) is 15.9. The Balaban J connectivity index is 2.41. The highest BCUT2D eigenvalue weighted by Crippen LogP contribution is 2.32. The molecule has 0 aliphatic carbocycles. The Labute approximate surface area is 136 Å². The molecule has 0 bridgehead atoms. The molecule has 1 aromatic rings. The molecule has 4 heteroatoms. The van der Waals surface area contributed by atoms with Gasteiger partial charge in [0.05, 0.1) is 0 Å². The van der Waals surface area contributed by atoms with Crippen LogP contribution in [0.25, 0.3) is 0 Å². The fraction of sp³-hybridized carbons (Fsp3) is 0.588. The van der Waals surface area contributed by atoms with Gasteiger partial charge in [-0.1, -0.05) is 54.9 Å². The number of esters is 1. The minimum Gasteiger partial charge on any atom is -0.461 e. The number of hydrogen-bond acceptors (Lipinski definition) is 3. The second kappa shape index (κ2) is 8.54. The summed E-state index contributed by atoms with van der Waals surface area (Å²) in [6.45, 7) is 7.56. The lowest BCUT2D eigenvalue weighted by atomic mass is 9.76. The first-order valence-electron chi connectivity index (χ1n) is 7.43. The molecule has 2 N–H and O–H groups in total. The number of hydrogen-bond donors (Lipinski definition) is 1. The van der Waals surface area contributed by atoms with Gasteiger partial charge in [0, 0.05) is 16.5 Å². The molecule has 0 radical (unpaired) electrons. The van der Waals surface area contributed by atoms with Crippen LogP contribution >= 0.6 is 15.9 Å². The fourth-order valence-corrected chi connectivity index (χ4v) is 2.75. The quantitative estimate of drug-likeness (QED) is 0.742. The lowest BCUT2D eigenvalue weighted by molar-refractivity contribution is -0.145. The molecule has 0 heterocycles. The maximum Gasteiger partial charge on any atom is 0.306 e. The van der Waals surface area contributed by atoms with Crippen LogP contribution in [-0.4, -0.2) is 12.5 Å². The summed E-state index contributed by atoms with van der Waals surface area (Å²) in [7, 11) is 0. The Morgan fingerprint density at radius 3 is 2.52 bits per heavy atom. The summed E-state index contributed by atoms with van der Waals surface area (Å²) in [6.07, 6.45) is 2.23. The van der Waals surface area contributed by atoms with Gasteiger partial charge in [-0.15, -0.1) is 0 Å². The van der Waals surface area contributed by atoms with E-state index in [0.717, 1.165) is 22.9 Å². The SMILES string of the molecule is CC(C)(C)C(CCN)CCC(=O)OCc1ccccc1Br. The van der Waals surface area contributed by atoms with Crippen LogP contribution in [0.5, 0.6) is 0 Å². The monoisotopic (exact) mass is 355 g/mol. The summed E-state index contributed by atoms with van der Waals surface area (Å²) in [5.74, 6) is 0.301. The Morgan fingerprint density at radius 2 is 1.95 bits per heavy atom. The molecule has 0 saturated heterocycles. The van der Waals surface area contributed by atoms with Crippen molar-refractivity contribution in [3.8, 4) is 0 Å². The topological polar surface area (TPSA) is 52.3 Å². The Hall–Kier alpha value is -0.870. The molecule has 21 heavy (non-hydrogen) atoms. The van der Waals surface area contributed by atoms with Gasteiger partial charge < -0.3 is 10.5 Å². The van der Waals surface area contributed by atoms with Crippen molar-refractivity contribution in [1.82, 2.24) is 0 Å². The third kappa shape index (κ3) is 6.62. The van der Waals surface area contributed by atoms with Crippen molar-refractivity contribution in [3.05, 3.63) is 34.3 Å². The minimum absolute atomic E-state index is 0.142. The average Bonchev–Trinajstić information content (AvgIpc) is 2.41. The van der Waals surface area contributed by atoms with Gasteiger partial charge >= 0.3 is 5.97 Å². The first-order valence-corrected chi connectivity index (χ1v) is 8.23. The summed E-state index contributed by atoms with van der Waals surface area (Å²) in [5.41, 5.74) is 6.82. The highest BCUT2D eigenvalue weighted by atomic mass is 79.9. The van der Waals surface area contributed by atoms with E-state index in [1.54, 1.807) is 0 Å². The lowest BCUT2D eigenvalue weighted by Gasteiger charge is -2.30. The van der Waals surface area contributed by atoms with E-state index in [9.17, 15) is 4.79 Å². The van der Waals surface area contributed by atoms with Crippen molar-refractivity contribution in [2.24, 2.45) is 17.1 Å². The van der Waals surface area contributed by atoms with Gasteiger partial charge in [0.1, 0.15) is 6.61 Å². The first kappa shape index (κ1) is 18.2. The highest BCUT2D eigenvalue weighted by molar-refractivity contribution is 9.10. The number of rotatable bonds is 7. The van der Waals surface area contributed by atoms with E-state index >= 15 is 0 Å². The zero-order valence-electron chi connectivity index (χ0n) is 13.2. The van der Waals surface area contributed by atoms with E-state index in [1.807, 2.05) is 24.3 Å². The summed E-state index contributed by atoms with van der Waals surface area (Å²) >= 11 is 3.45. The van der Waals surface area contributed by atoms with Gasteiger partial charge in [-0.25, -0.2) is 0 Å². The van der Waals surface area contributed by atoms with Crippen LogP contribution in [0, 0.1) is 11.3 Å². The molecular formula is C17H26BrNO2. The van der Waals surface area contributed by atoms with E-state index < -0.39 is 0 Å². The first-order chi connectivity index (χ1) is 9.84. The number of carbonyl (C=O) groups excluding carboxylic acids is 1. The molecule has 1 unspecified atom stereocenters. The van der Waals surface area contributed by atoms with Crippen LogP contribution in [0.1, 0.15) is 45.6 Å². The maximum atomic E-state index is 11.9. The third-order valence-electron chi connectivity index (χ3n) is 3.78. The van der Waals surface area contributed by atoms with Crippen LogP contribution in [0.15, 0.2) is 28.7 Å². The smallest absolute Gasteiger partial charge is 0.306 e. The molecule has 1 rings (SSSR count). The second-order valence-electron chi connectivity index (χ2n) is 6.43. The van der Waals surface area contributed by atoms with Crippen LogP contribution in [-0.2, 0) is 16.1 Å². The predicted octanol–water partition coefficient (Wildman–Crippen LogP) is 4.28. The molecular weight excluding hydrogens is 330 g/mol. The molecule has 0 amide bonds. The largest absolute Gasteiger partial charge is 0.461 e. The average molecular weight is 356 g/mol. The van der Waals surface area contributed by atoms with Crippen LogP contribution in [0.3, 0.4) is 0 Å². The van der Waals surface area contributed by atoms with Crippen molar-refractivity contribution >= 4 is 21.9 Å². The molecule has 0 saturated carbocycles. The molecule has 1 aromatic carbocycles. The van der Waals surface area contributed by atoms with Crippen molar-refractivity contribution in [1.29, 1.82) is 0 Å². The maximum absolute atomic E-state index is 11.9. The van der Waals surface area contributed by atoms with Gasteiger partial charge in [0.25, 0.3) is 0 Å². The number of ether oxygens (including phenoxy) is 1. The lowest BCUT2D eigenvalue weighted by Crippen LogP contribution is -2.24. The van der Waals surface area contributed by atoms with Crippen LogP contribution < -0.4 is 5.73 Å². The summed E-state index contributed by atoms with van der Waals surface area (Å²) in [5, 5.41) is 0. The Morgan fingerprint density at radius 1 is 1.29 bits per heavy atom. The van der Waals surface area contributed by atoms with Crippen molar-refractivity contribution in [2.75, 3.05) is 6.54 Å². The molecule has 1 atom stereocenters. The fourth-order valence-electron chi connectivity index (χ4n) is 2.35. The number of nitrogens with two attached hydrogens (primary N) is 1. The van der Waals surface area contributed by atoms with Gasteiger partial charge in [-0.05, 0) is 36.8 Å². The summed E-state index contributed by atoms with van der Waals surface area (Å²) in [4.78, 5) is 11.9. The summed E-state index contributed by atoms with van der Waals surface area (Å²) in [6, 6.07) is 7.77. The van der Waals surface area contributed by atoms with E-state index in [0.29, 0.717) is 25.5 Å². The number of carbonyl (C=O) groups is 1. The molecule has 118 valence electrons. The van der Waals surface area contributed by atoms with Crippen LogP contribution in [0.2, 0.25) is 0 Å². The van der Waals surface area contributed by atoms with Crippen molar-refractivity contribution < 1.29 is 9.53 Å². The molecule has 0 aliphatic rings. The van der Waals surface area contributed by atoms with E-state index in [2.05, 4.69) is 36.7 Å². The van der Waals surface area contributed by atoms with Crippen molar-refractivity contribution in [2.45, 2.75) is 46.6 Å². The van der Waals surface area contributed by atoms with E-state index in [4.69, 9.17) is 10.5 Å². The molecule has 0 aromatic heterocycles. The Kier molecular flexibility index (Phi) is 7.40. The van der Waals surface area contributed by atoms with Gasteiger partial charge in [0.2, 0.25) is 0 Å². The molecule has 3 nitrogen and oxygen atoms in total. The van der Waals surface area contributed by atoms with Crippen molar-refractivity contribution in [3.63, 3.8) is 0 Å². The number of halogens is 1.